The molecule has 2 N–H and O–H groups in total. The number of nitrogens with two attached hydrogens (primary N) is 1. The second-order valence-electron chi connectivity index (χ2n) is 4.51. The van der Waals surface area contributed by atoms with Crippen LogP contribution in [0.25, 0.3) is 10.9 Å². The van der Waals surface area contributed by atoms with Crippen molar-refractivity contribution in [1.82, 2.24) is 4.57 Å². The lowest BCUT2D eigenvalue weighted by molar-refractivity contribution is 0.848. The first kappa shape index (κ1) is 11.9. The SMILES string of the molecule is Nc1c(C=S)c2ccccc2n1Cc1ccccc1. The molecule has 2 nitrogen and oxygen atoms in total. The highest BCUT2D eigenvalue weighted by Gasteiger charge is 2.12. The Bertz CT molecular complexity index is 729. The van der Waals surface area contributed by atoms with Crippen LogP contribution in [0.5, 0.6) is 0 Å². The second-order valence-corrected chi connectivity index (χ2v) is 4.74. The van der Waals surface area contributed by atoms with Crippen LogP contribution in [-0.4, -0.2) is 9.93 Å². The topological polar surface area (TPSA) is 30.9 Å². The fourth-order valence-corrected chi connectivity index (χ4v) is 2.66. The number of hydrogen-bond acceptors (Lipinski definition) is 2. The summed E-state index contributed by atoms with van der Waals surface area (Å²) in [7, 11) is 0. The van der Waals surface area contributed by atoms with Crippen molar-refractivity contribution in [3.05, 3.63) is 65.7 Å². The number of thiocarbonyl (C=S) groups is 1. The van der Waals surface area contributed by atoms with Crippen LogP contribution in [0.4, 0.5) is 5.82 Å². The van der Waals surface area contributed by atoms with E-state index in [-0.39, 0.29) is 0 Å². The van der Waals surface area contributed by atoms with Crippen molar-refractivity contribution in [2.24, 2.45) is 0 Å². The number of nitrogens with zero attached hydrogens (tertiary/aromatic N) is 1. The third-order valence-corrected chi connectivity index (χ3v) is 3.59. The quantitative estimate of drug-likeness (QED) is 0.734. The van der Waals surface area contributed by atoms with Crippen molar-refractivity contribution < 1.29 is 0 Å². The minimum absolute atomic E-state index is 0.736. The molecule has 0 aliphatic heterocycles. The Labute approximate surface area is 117 Å². The van der Waals surface area contributed by atoms with Gasteiger partial charge in [0.15, 0.2) is 0 Å². The molecule has 1 aromatic heterocycles. The first-order valence-electron chi connectivity index (χ1n) is 6.17. The zero-order valence-corrected chi connectivity index (χ0v) is 11.2. The van der Waals surface area contributed by atoms with E-state index >= 15 is 0 Å². The summed E-state index contributed by atoms with van der Waals surface area (Å²) in [6, 6.07) is 18.5. The van der Waals surface area contributed by atoms with Gasteiger partial charge in [0, 0.05) is 22.9 Å². The normalized spacial score (nSPS) is 10.7. The summed E-state index contributed by atoms with van der Waals surface area (Å²) in [5.41, 5.74) is 9.54. The van der Waals surface area contributed by atoms with E-state index in [1.807, 2.05) is 30.3 Å². The van der Waals surface area contributed by atoms with Crippen LogP contribution < -0.4 is 5.73 Å². The standard InChI is InChI=1S/C16H14N2S/c17-16-14(11-19)13-8-4-5-9-15(13)18(16)10-12-6-2-1-3-7-12/h1-9,11H,10,17H2. The Morgan fingerprint density at radius 1 is 1.00 bits per heavy atom. The molecule has 0 saturated heterocycles. The lowest BCUT2D eigenvalue weighted by Gasteiger charge is -2.08. The molecule has 0 atom stereocenters. The first-order chi connectivity index (χ1) is 9.31. The van der Waals surface area contributed by atoms with Gasteiger partial charge in [-0.2, -0.15) is 0 Å². The number of anilines is 1. The van der Waals surface area contributed by atoms with Crippen molar-refractivity contribution in [2.45, 2.75) is 6.54 Å². The monoisotopic (exact) mass is 266 g/mol. The van der Waals surface area contributed by atoms with Gasteiger partial charge in [-0.3, -0.25) is 0 Å². The number of para-hydroxylation sites is 1. The highest BCUT2D eigenvalue weighted by atomic mass is 32.1. The average molecular weight is 266 g/mol. The largest absolute Gasteiger partial charge is 0.385 e. The van der Waals surface area contributed by atoms with Gasteiger partial charge in [-0.15, -0.1) is 0 Å². The zero-order chi connectivity index (χ0) is 13.2. The van der Waals surface area contributed by atoms with Crippen LogP contribution in [0.3, 0.4) is 0 Å². The van der Waals surface area contributed by atoms with E-state index in [1.165, 1.54) is 5.56 Å². The first-order valence-corrected chi connectivity index (χ1v) is 6.64. The summed E-state index contributed by atoms with van der Waals surface area (Å²) < 4.78 is 2.11. The van der Waals surface area contributed by atoms with E-state index in [1.54, 1.807) is 5.37 Å². The minimum atomic E-state index is 0.736. The molecule has 0 aliphatic carbocycles. The van der Waals surface area contributed by atoms with Gasteiger partial charge in [0.1, 0.15) is 5.82 Å². The summed E-state index contributed by atoms with van der Waals surface area (Å²) in [5, 5.41) is 2.78. The Balaban J connectivity index is 2.18. The molecule has 0 fully saturated rings. The molecule has 0 saturated carbocycles. The molecule has 0 bridgehead atoms. The van der Waals surface area contributed by atoms with Crippen LogP contribution in [0.1, 0.15) is 11.1 Å². The number of nitrogen functional groups attached to an aromatic ring is 1. The Kier molecular flexibility index (Phi) is 3.05. The number of rotatable bonds is 3. The molecule has 3 aromatic rings. The molecule has 1 heterocycles. The summed E-state index contributed by atoms with van der Waals surface area (Å²) in [5.74, 6) is 0.736. The predicted octanol–water partition coefficient (Wildman–Crippen LogP) is 3.62. The van der Waals surface area contributed by atoms with Gasteiger partial charge in [0.2, 0.25) is 0 Å². The number of benzene rings is 2. The van der Waals surface area contributed by atoms with Crippen LogP contribution in [0.15, 0.2) is 54.6 Å². The average Bonchev–Trinajstić information content (AvgIpc) is 2.73. The van der Waals surface area contributed by atoms with Crippen LogP contribution in [-0.2, 0) is 6.54 Å². The van der Waals surface area contributed by atoms with Crippen LogP contribution in [0.2, 0.25) is 0 Å². The number of aromatic nitrogens is 1. The molecule has 94 valence electrons. The van der Waals surface area contributed by atoms with Crippen molar-refractivity contribution in [3.63, 3.8) is 0 Å². The van der Waals surface area contributed by atoms with E-state index in [0.29, 0.717) is 0 Å². The summed E-state index contributed by atoms with van der Waals surface area (Å²) >= 11 is 5.09. The second kappa shape index (κ2) is 4.86. The van der Waals surface area contributed by atoms with E-state index < -0.39 is 0 Å². The Morgan fingerprint density at radius 3 is 2.42 bits per heavy atom. The lowest BCUT2D eigenvalue weighted by atomic mass is 10.2. The van der Waals surface area contributed by atoms with Crippen LogP contribution in [0, 0.1) is 0 Å². The van der Waals surface area contributed by atoms with Gasteiger partial charge in [-0.05, 0) is 11.6 Å². The molecule has 2 aromatic carbocycles. The fourth-order valence-electron chi connectivity index (χ4n) is 2.41. The maximum absolute atomic E-state index is 6.24. The maximum atomic E-state index is 6.24. The summed E-state index contributed by atoms with van der Waals surface area (Å²) in [6.07, 6.45) is 0. The van der Waals surface area contributed by atoms with Gasteiger partial charge in [-0.25, -0.2) is 0 Å². The van der Waals surface area contributed by atoms with Crippen molar-refractivity contribution in [2.75, 3.05) is 5.73 Å². The smallest absolute Gasteiger partial charge is 0.112 e. The van der Waals surface area contributed by atoms with E-state index in [9.17, 15) is 0 Å². The third-order valence-electron chi connectivity index (χ3n) is 3.35. The summed E-state index contributed by atoms with van der Waals surface area (Å²) in [4.78, 5) is 0. The van der Waals surface area contributed by atoms with Gasteiger partial charge >= 0.3 is 0 Å². The molecule has 3 heteroatoms. The van der Waals surface area contributed by atoms with E-state index in [4.69, 9.17) is 18.0 Å². The third kappa shape index (κ3) is 2.02. The fraction of sp³-hybridized carbons (Fsp3) is 0.0625. The molecular weight excluding hydrogens is 252 g/mol. The van der Waals surface area contributed by atoms with Crippen molar-refractivity contribution in [1.29, 1.82) is 0 Å². The molecule has 0 amide bonds. The molecule has 3 rings (SSSR count). The Hall–Kier alpha value is -2.13. The Morgan fingerprint density at radius 2 is 1.68 bits per heavy atom. The molecule has 0 unspecified atom stereocenters. The molecule has 0 spiro atoms. The molecular formula is C16H14N2S. The lowest BCUT2D eigenvalue weighted by Crippen LogP contribution is -2.04. The predicted molar refractivity (Wildman–Crippen MR) is 84.7 cm³/mol. The van der Waals surface area contributed by atoms with Gasteiger partial charge in [0.25, 0.3) is 0 Å². The maximum Gasteiger partial charge on any atom is 0.112 e. The highest BCUT2D eigenvalue weighted by Crippen LogP contribution is 2.27. The number of hydrogen-bond donors (Lipinski definition) is 1. The zero-order valence-electron chi connectivity index (χ0n) is 10.4. The van der Waals surface area contributed by atoms with Gasteiger partial charge < -0.3 is 10.3 Å². The van der Waals surface area contributed by atoms with Gasteiger partial charge in [-0.1, -0.05) is 60.7 Å². The summed E-state index contributed by atoms with van der Waals surface area (Å²) in [6.45, 7) is 0.760. The number of fused-ring (bicyclic) bond motifs is 1. The highest BCUT2D eigenvalue weighted by molar-refractivity contribution is 7.79. The van der Waals surface area contributed by atoms with Gasteiger partial charge in [0.05, 0.1) is 5.52 Å². The van der Waals surface area contributed by atoms with E-state index in [2.05, 4.69) is 28.8 Å². The molecule has 19 heavy (non-hydrogen) atoms. The molecule has 0 radical (unpaired) electrons. The minimum Gasteiger partial charge on any atom is -0.385 e. The molecule has 0 aliphatic rings. The van der Waals surface area contributed by atoms with E-state index in [0.717, 1.165) is 28.8 Å². The van der Waals surface area contributed by atoms with Crippen molar-refractivity contribution >= 4 is 34.3 Å². The van der Waals surface area contributed by atoms with Crippen molar-refractivity contribution in [3.8, 4) is 0 Å². The van der Waals surface area contributed by atoms with Crippen LogP contribution >= 0.6 is 12.2 Å².